The molecular formula is C16H22NO6-. The van der Waals surface area contributed by atoms with Gasteiger partial charge in [0.2, 0.25) is 0 Å². The van der Waals surface area contributed by atoms with E-state index >= 15 is 0 Å². The molecule has 1 aliphatic heterocycles. The maximum Gasteiger partial charge on any atom is 0.336 e. The minimum Gasteiger partial charge on any atom is -0.549 e. The Balaban J connectivity index is 3.48. The summed E-state index contributed by atoms with van der Waals surface area (Å²) in [6.07, 6.45) is 0.712. The van der Waals surface area contributed by atoms with Crippen LogP contribution in [0.5, 0.6) is 0 Å². The van der Waals surface area contributed by atoms with Gasteiger partial charge < -0.3 is 19.4 Å². The minimum atomic E-state index is -1.52. The zero-order chi connectivity index (χ0) is 17.6. The van der Waals surface area contributed by atoms with Crippen LogP contribution in [-0.2, 0) is 23.9 Å². The van der Waals surface area contributed by atoms with Crippen LogP contribution < -0.4 is 5.11 Å². The van der Waals surface area contributed by atoms with Crippen molar-refractivity contribution in [2.45, 2.75) is 40.5 Å². The third-order valence-electron chi connectivity index (χ3n) is 3.58. The number of aliphatic carboxylic acids is 1. The Kier molecular flexibility index (Phi) is 6.93. The van der Waals surface area contributed by atoms with Crippen LogP contribution >= 0.6 is 0 Å². The first-order valence-corrected chi connectivity index (χ1v) is 7.77. The maximum atomic E-state index is 12.2. The number of carbonyl (C=O) groups is 3. The van der Waals surface area contributed by atoms with Gasteiger partial charge in [-0.2, -0.15) is 0 Å². The number of nitrogens with zero attached hydrogens (tertiary/aromatic N) is 1. The molecular weight excluding hydrogens is 302 g/mol. The average Bonchev–Trinajstić information content (AvgIpc) is 2.52. The smallest absolute Gasteiger partial charge is 0.336 e. The number of carboxylic acids is 1. The number of rotatable bonds is 7. The van der Waals surface area contributed by atoms with E-state index < -0.39 is 29.7 Å². The maximum absolute atomic E-state index is 12.2. The van der Waals surface area contributed by atoms with Crippen molar-refractivity contribution >= 4 is 23.6 Å². The second-order valence-electron chi connectivity index (χ2n) is 4.92. The molecule has 7 nitrogen and oxygen atoms in total. The Labute approximate surface area is 135 Å². The van der Waals surface area contributed by atoms with E-state index in [2.05, 4.69) is 4.99 Å². The van der Waals surface area contributed by atoms with Crippen LogP contribution in [-0.4, -0.2) is 36.8 Å². The van der Waals surface area contributed by atoms with Gasteiger partial charge in [0.1, 0.15) is 5.92 Å². The highest BCUT2D eigenvalue weighted by Gasteiger charge is 2.43. The van der Waals surface area contributed by atoms with Crippen molar-refractivity contribution in [2.75, 3.05) is 13.2 Å². The first kappa shape index (κ1) is 18.9. The van der Waals surface area contributed by atoms with Crippen molar-refractivity contribution in [1.29, 1.82) is 0 Å². The number of hydrogen-bond acceptors (Lipinski definition) is 7. The van der Waals surface area contributed by atoms with Crippen LogP contribution in [0.2, 0.25) is 0 Å². The molecule has 1 aliphatic rings. The van der Waals surface area contributed by atoms with E-state index in [1.807, 2.05) is 0 Å². The Bertz CT molecular complexity index is 549. The molecule has 0 aromatic carbocycles. The lowest BCUT2D eigenvalue weighted by Crippen LogP contribution is -2.47. The third kappa shape index (κ3) is 3.97. The molecule has 0 aromatic rings. The average molecular weight is 324 g/mol. The Morgan fingerprint density at radius 3 is 2.04 bits per heavy atom. The van der Waals surface area contributed by atoms with Crippen LogP contribution in [0.3, 0.4) is 0 Å². The topological polar surface area (TPSA) is 105 Å². The fourth-order valence-corrected chi connectivity index (χ4v) is 2.62. The van der Waals surface area contributed by atoms with Crippen molar-refractivity contribution in [1.82, 2.24) is 0 Å². The molecule has 0 fully saturated rings. The van der Waals surface area contributed by atoms with Crippen LogP contribution in [0.1, 0.15) is 40.5 Å². The van der Waals surface area contributed by atoms with Crippen molar-refractivity contribution < 1.29 is 29.0 Å². The Hall–Kier alpha value is -2.18. The molecule has 0 bridgehead atoms. The normalized spacial score (nSPS) is 20.8. The predicted molar refractivity (Wildman–Crippen MR) is 80.3 cm³/mol. The lowest BCUT2D eigenvalue weighted by atomic mass is 9.78. The van der Waals surface area contributed by atoms with Gasteiger partial charge >= 0.3 is 11.9 Å². The van der Waals surface area contributed by atoms with E-state index in [0.717, 1.165) is 0 Å². The number of carbonyl (C=O) groups excluding carboxylic acids is 3. The molecule has 0 radical (unpaired) electrons. The third-order valence-corrected chi connectivity index (χ3v) is 3.58. The minimum absolute atomic E-state index is 0.0908. The number of aliphatic imine (C=N–C) groups is 1. The first-order chi connectivity index (χ1) is 10.9. The molecule has 0 amide bonds. The summed E-state index contributed by atoms with van der Waals surface area (Å²) in [5.74, 6) is -5.64. The summed E-state index contributed by atoms with van der Waals surface area (Å²) in [4.78, 5) is 40.5. The summed E-state index contributed by atoms with van der Waals surface area (Å²) in [7, 11) is 0. The second kappa shape index (κ2) is 8.45. The van der Waals surface area contributed by atoms with Gasteiger partial charge in [-0.3, -0.25) is 9.79 Å². The van der Waals surface area contributed by atoms with E-state index in [-0.39, 0.29) is 18.8 Å². The van der Waals surface area contributed by atoms with Crippen LogP contribution in [0.4, 0.5) is 0 Å². The highest BCUT2D eigenvalue weighted by Crippen LogP contribution is 2.34. The molecule has 1 heterocycles. The quantitative estimate of drug-likeness (QED) is 0.636. The summed E-state index contributed by atoms with van der Waals surface area (Å²) in [6.45, 7) is 6.95. The van der Waals surface area contributed by atoms with Crippen molar-refractivity contribution in [3.63, 3.8) is 0 Å². The van der Waals surface area contributed by atoms with Gasteiger partial charge in [0.05, 0.1) is 36.4 Å². The molecule has 0 aliphatic carbocycles. The predicted octanol–water partition coefficient (Wildman–Crippen LogP) is 0.624. The summed E-state index contributed by atoms with van der Waals surface area (Å²) < 4.78 is 9.91. The SMILES string of the molecule is CCOC(=O)C1=C(CC)N=C(CC)C(C(=O)OCC)[C@@H]1C(=O)[O-]. The molecule has 1 unspecified atom stereocenters. The summed E-state index contributed by atoms with van der Waals surface area (Å²) >= 11 is 0. The molecule has 0 spiro atoms. The Morgan fingerprint density at radius 1 is 1.00 bits per heavy atom. The molecule has 7 heteroatoms. The van der Waals surface area contributed by atoms with E-state index in [4.69, 9.17) is 9.47 Å². The van der Waals surface area contributed by atoms with E-state index in [1.165, 1.54) is 0 Å². The number of allylic oxidation sites excluding steroid dienone is 1. The van der Waals surface area contributed by atoms with Crippen molar-refractivity contribution in [3.8, 4) is 0 Å². The second-order valence-corrected chi connectivity index (χ2v) is 4.92. The largest absolute Gasteiger partial charge is 0.549 e. The zero-order valence-electron chi connectivity index (χ0n) is 13.9. The van der Waals surface area contributed by atoms with Gasteiger partial charge in [-0.1, -0.05) is 13.8 Å². The molecule has 23 heavy (non-hydrogen) atoms. The lowest BCUT2D eigenvalue weighted by molar-refractivity contribution is -0.311. The van der Waals surface area contributed by atoms with Gasteiger partial charge in [-0.05, 0) is 26.7 Å². The van der Waals surface area contributed by atoms with Crippen LogP contribution in [0.15, 0.2) is 16.3 Å². The van der Waals surface area contributed by atoms with E-state index in [1.54, 1.807) is 27.7 Å². The fraction of sp³-hybridized carbons (Fsp3) is 0.625. The van der Waals surface area contributed by atoms with Gasteiger partial charge in [0.25, 0.3) is 0 Å². The van der Waals surface area contributed by atoms with E-state index in [9.17, 15) is 19.5 Å². The summed E-state index contributed by atoms with van der Waals surface area (Å²) in [5, 5.41) is 11.7. The highest BCUT2D eigenvalue weighted by atomic mass is 16.5. The number of hydrogen-bond donors (Lipinski definition) is 0. The molecule has 0 N–H and O–H groups in total. The lowest BCUT2D eigenvalue weighted by Gasteiger charge is -2.33. The Morgan fingerprint density at radius 2 is 1.61 bits per heavy atom. The van der Waals surface area contributed by atoms with Gasteiger partial charge in [0.15, 0.2) is 0 Å². The van der Waals surface area contributed by atoms with Gasteiger partial charge in [0, 0.05) is 5.71 Å². The molecule has 0 saturated heterocycles. The molecule has 128 valence electrons. The molecule has 1 rings (SSSR count). The summed E-state index contributed by atoms with van der Waals surface area (Å²) in [6, 6.07) is 0. The molecule has 2 atom stereocenters. The van der Waals surface area contributed by atoms with Crippen LogP contribution in [0.25, 0.3) is 0 Å². The van der Waals surface area contributed by atoms with Crippen molar-refractivity contribution in [2.24, 2.45) is 16.8 Å². The fourth-order valence-electron chi connectivity index (χ4n) is 2.62. The number of carboxylic acid groups (broad SMARTS) is 1. The summed E-state index contributed by atoms with van der Waals surface area (Å²) in [5.41, 5.74) is 0.571. The molecule has 0 aromatic heterocycles. The van der Waals surface area contributed by atoms with E-state index in [0.29, 0.717) is 24.3 Å². The standard InChI is InChI=1S/C16H23NO6/c1-5-9-11(15(20)22-7-3)13(14(18)19)12(10(6-2)17-9)16(21)23-8-4/h11,13H,5-8H2,1-4H3,(H,18,19)/p-1/t11?,13-/m0/s1. The van der Waals surface area contributed by atoms with Crippen molar-refractivity contribution in [3.05, 3.63) is 11.3 Å². The number of ether oxygens (including phenoxy) is 2. The number of esters is 2. The monoisotopic (exact) mass is 324 g/mol. The zero-order valence-corrected chi connectivity index (χ0v) is 13.9. The molecule has 0 saturated carbocycles. The highest BCUT2D eigenvalue weighted by molar-refractivity contribution is 6.10. The van der Waals surface area contributed by atoms with Gasteiger partial charge in [-0.25, -0.2) is 4.79 Å². The first-order valence-electron chi connectivity index (χ1n) is 7.77. The van der Waals surface area contributed by atoms with Gasteiger partial charge in [-0.15, -0.1) is 0 Å². The van der Waals surface area contributed by atoms with Crippen LogP contribution in [0, 0.1) is 11.8 Å².